The fourth-order valence-corrected chi connectivity index (χ4v) is 4.26. The Hall–Kier alpha value is -3.54. The Morgan fingerprint density at radius 3 is 2.72 bits per heavy atom. The number of ether oxygens (including phenoxy) is 2. The van der Waals surface area contributed by atoms with Crippen molar-refractivity contribution in [2.45, 2.75) is 19.6 Å². The largest absolute Gasteiger partial charge is 0.488 e. The molecule has 3 aromatic rings. The number of benzene rings is 2. The van der Waals surface area contributed by atoms with Crippen LogP contribution in [0.4, 0.5) is 4.39 Å². The summed E-state index contributed by atoms with van der Waals surface area (Å²) in [4.78, 5) is 14.8. The molecule has 1 fully saturated rings. The fraction of sp³-hybridized carbons (Fsp3) is 0.292. The van der Waals surface area contributed by atoms with E-state index >= 15 is 0 Å². The summed E-state index contributed by atoms with van der Waals surface area (Å²) in [6.45, 7) is 3.50. The molecule has 0 atom stereocenters. The van der Waals surface area contributed by atoms with Crippen molar-refractivity contribution in [2.24, 2.45) is 0 Å². The van der Waals surface area contributed by atoms with E-state index in [9.17, 15) is 9.18 Å². The lowest BCUT2D eigenvalue weighted by Crippen LogP contribution is -2.35. The molecule has 8 heteroatoms. The number of halogens is 1. The van der Waals surface area contributed by atoms with Gasteiger partial charge in [0.1, 0.15) is 30.3 Å². The third kappa shape index (κ3) is 3.66. The summed E-state index contributed by atoms with van der Waals surface area (Å²) in [7, 11) is 0. The monoisotopic (exact) mass is 432 g/mol. The molecule has 162 valence electrons. The highest BCUT2D eigenvalue weighted by Gasteiger charge is 2.32. The fourth-order valence-electron chi connectivity index (χ4n) is 4.26. The van der Waals surface area contributed by atoms with Gasteiger partial charge in [-0.3, -0.25) is 9.69 Å². The molecule has 0 saturated carbocycles. The van der Waals surface area contributed by atoms with Gasteiger partial charge in [0.25, 0.3) is 0 Å². The minimum Gasteiger partial charge on any atom is -0.488 e. The average molecular weight is 432 g/mol. The number of hydrogen-bond donors (Lipinski definition) is 0. The average Bonchev–Trinajstić information content (AvgIpc) is 3.21. The third-order valence-electron chi connectivity index (χ3n) is 5.73. The van der Waals surface area contributed by atoms with Crippen LogP contribution in [0.25, 0.3) is 16.9 Å². The number of para-hydroxylation sites is 1. The summed E-state index contributed by atoms with van der Waals surface area (Å²) in [5, 5.41) is 13.6. The smallest absolute Gasteiger partial charge is 0.197 e. The van der Waals surface area contributed by atoms with Crippen molar-refractivity contribution in [3.63, 3.8) is 0 Å². The molecular formula is C24H21FN4O3. The third-order valence-corrected chi connectivity index (χ3v) is 5.73. The van der Waals surface area contributed by atoms with Gasteiger partial charge in [0.2, 0.25) is 0 Å². The molecule has 2 aliphatic rings. The summed E-state index contributed by atoms with van der Waals surface area (Å²) in [6.07, 6.45) is -0.281. The van der Waals surface area contributed by atoms with E-state index in [1.165, 1.54) is 12.1 Å². The Morgan fingerprint density at radius 2 is 1.97 bits per heavy atom. The molecule has 0 spiro atoms. The first-order chi connectivity index (χ1) is 15.7. The number of morpholine rings is 1. The quantitative estimate of drug-likeness (QED) is 0.574. The maximum absolute atomic E-state index is 14.8. The standard InChI is InChI=1S/C24H21FN4O3/c25-17-12-16(14-28-8-10-31-11-9-28)24-19(13-17)23-20(15-32-24)22(21(30)6-7-26)27-29(23)18-4-2-1-3-5-18/h1-5,12-13H,6,8-11,14-15H2. The first-order valence-corrected chi connectivity index (χ1v) is 10.5. The van der Waals surface area contributed by atoms with Crippen LogP contribution in [0.1, 0.15) is 28.0 Å². The van der Waals surface area contributed by atoms with Gasteiger partial charge < -0.3 is 9.47 Å². The summed E-state index contributed by atoms with van der Waals surface area (Å²) in [5.41, 5.74) is 3.44. The van der Waals surface area contributed by atoms with Crippen molar-refractivity contribution in [1.82, 2.24) is 14.7 Å². The van der Waals surface area contributed by atoms with Crippen LogP contribution in [0, 0.1) is 17.1 Å². The zero-order valence-corrected chi connectivity index (χ0v) is 17.4. The van der Waals surface area contributed by atoms with Gasteiger partial charge in [-0.15, -0.1) is 0 Å². The van der Waals surface area contributed by atoms with Crippen molar-refractivity contribution in [3.05, 3.63) is 65.1 Å². The van der Waals surface area contributed by atoms with Gasteiger partial charge in [0.05, 0.1) is 30.7 Å². The molecule has 2 aromatic carbocycles. The van der Waals surface area contributed by atoms with Gasteiger partial charge in [-0.25, -0.2) is 9.07 Å². The molecule has 32 heavy (non-hydrogen) atoms. The van der Waals surface area contributed by atoms with Gasteiger partial charge in [0, 0.05) is 36.3 Å². The predicted molar refractivity (Wildman–Crippen MR) is 114 cm³/mol. The highest BCUT2D eigenvalue weighted by Crippen LogP contribution is 2.43. The minimum absolute atomic E-state index is 0.128. The van der Waals surface area contributed by atoms with E-state index in [0.29, 0.717) is 42.3 Å². The Balaban J connectivity index is 1.66. The Morgan fingerprint density at radius 1 is 1.19 bits per heavy atom. The molecular weight excluding hydrogens is 411 g/mol. The zero-order valence-electron chi connectivity index (χ0n) is 17.4. The summed E-state index contributed by atoms with van der Waals surface area (Å²) in [6, 6.07) is 14.2. The molecule has 0 amide bonds. The second-order valence-corrected chi connectivity index (χ2v) is 7.80. The summed E-state index contributed by atoms with van der Waals surface area (Å²) < 4.78 is 27.9. The van der Waals surface area contributed by atoms with E-state index < -0.39 is 0 Å². The van der Waals surface area contributed by atoms with E-state index in [1.807, 2.05) is 36.4 Å². The van der Waals surface area contributed by atoms with Crippen molar-refractivity contribution >= 4 is 5.78 Å². The van der Waals surface area contributed by atoms with Crippen LogP contribution in [0.15, 0.2) is 42.5 Å². The topological polar surface area (TPSA) is 80.4 Å². The van der Waals surface area contributed by atoms with Crippen LogP contribution in [-0.4, -0.2) is 46.8 Å². The van der Waals surface area contributed by atoms with Gasteiger partial charge in [-0.2, -0.15) is 10.4 Å². The molecule has 2 aliphatic heterocycles. The second kappa shape index (κ2) is 8.54. The lowest BCUT2D eigenvalue weighted by Gasteiger charge is -2.29. The molecule has 1 saturated heterocycles. The second-order valence-electron chi connectivity index (χ2n) is 7.80. The van der Waals surface area contributed by atoms with Crippen LogP contribution in [0.3, 0.4) is 0 Å². The SMILES string of the molecule is N#CCC(=O)c1nn(-c2ccccc2)c2c1COc1c(CN3CCOCC3)cc(F)cc1-2. The molecule has 7 nitrogen and oxygen atoms in total. The van der Waals surface area contributed by atoms with Gasteiger partial charge >= 0.3 is 0 Å². The van der Waals surface area contributed by atoms with Crippen LogP contribution < -0.4 is 4.74 Å². The Labute approximate surface area is 184 Å². The van der Waals surface area contributed by atoms with Crippen molar-refractivity contribution in [1.29, 1.82) is 5.26 Å². The molecule has 0 radical (unpaired) electrons. The Kier molecular flexibility index (Phi) is 5.43. The predicted octanol–water partition coefficient (Wildman–Crippen LogP) is 3.50. The maximum atomic E-state index is 14.8. The van der Waals surface area contributed by atoms with Crippen molar-refractivity contribution in [3.8, 4) is 28.8 Å². The van der Waals surface area contributed by atoms with Crippen molar-refractivity contribution in [2.75, 3.05) is 26.3 Å². The lowest BCUT2D eigenvalue weighted by atomic mass is 9.97. The number of carbonyl (C=O) groups is 1. The number of Topliss-reactive ketones (excluding diaryl/α,β-unsaturated/α-hetero) is 1. The highest BCUT2D eigenvalue weighted by molar-refractivity contribution is 5.99. The van der Waals surface area contributed by atoms with Gasteiger partial charge in [0.15, 0.2) is 5.78 Å². The lowest BCUT2D eigenvalue weighted by molar-refractivity contribution is 0.0337. The molecule has 0 unspecified atom stereocenters. The van der Waals surface area contributed by atoms with Gasteiger partial charge in [-0.05, 0) is 24.3 Å². The summed E-state index contributed by atoms with van der Waals surface area (Å²) in [5.74, 6) is -0.161. The normalized spacial score (nSPS) is 15.4. The number of ketones is 1. The maximum Gasteiger partial charge on any atom is 0.197 e. The van der Waals surface area contributed by atoms with Crippen LogP contribution in [0.2, 0.25) is 0 Å². The van der Waals surface area contributed by atoms with Gasteiger partial charge in [-0.1, -0.05) is 18.2 Å². The molecule has 3 heterocycles. The van der Waals surface area contributed by atoms with Crippen LogP contribution in [0.5, 0.6) is 5.75 Å². The molecule has 5 rings (SSSR count). The minimum atomic E-state index is -0.380. The highest BCUT2D eigenvalue weighted by atomic mass is 19.1. The number of nitriles is 1. The first-order valence-electron chi connectivity index (χ1n) is 10.5. The van der Waals surface area contributed by atoms with E-state index in [-0.39, 0.29) is 30.3 Å². The number of aromatic nitrogens is 2. The number of hydrogen-bond acceptors (Lipinski definition) is 6. The molecule has 0 bridgehead atoms. The Bertz CT molecular complexity index is 1210. The van der Waals surface area contributed by atoms with E-state index in [0.717, 1.165) is 24.3 Å². The zero-order chi connectivity index (χ0) is 22.1. The molecule has 0 N–H and O–H groups in total. The number of fused-ring (bicyclic) bond motifs is 3. The number of rotatable bonds is 5. The number of nitrogens with zero attached hydrogens (tertiary/aromatic N) is 4. The van der Waals surface area contributed by atoms with Crippen LogP contribution in [-0.2, 0) is 17.9 Å². The van der Waals surface area contributed by atoms with E-state index in [2.05, 4.69) is 10.00 Å². The number of carbonyl (C=O) groups excluding carboxylic acids is 1. The summed E-state index contributed by atoms with van der Waals surface area (Å²) >= 11 is 0. The molecule has 0 aliphatic carbocycles. The van der Waals surface area contributed by atoms with E-state index in [1.54, 1.807) is 4.68 Å². The van der Waals surface area contributed by atoms with Crippen LogP contribution >= 0.6 is 0 Å². The van der Waals surface area contributed by atoms with E-state index in [4.69, 9.17) is 14.7 Å². The van der Waals surface area contributed by atoms with Crippen molar-refractivity contribution < 1.29 is 18.7 Å². The molecule has 1 aromatic heterocycles. The first kappa shape index (κ1) is 20.4.